The van der Waals surface area contributed by atoms with E-state index >= 15 is 0 Å². The molecular formula is C40H22F2. The van der Waals surface area contributed by atoms with Crippen molar-refractivity contribution in [3.63, 3.8) is 0 Å². The van der Waals surface area contributed by atoms with E-state index in [0.29, 0.717) is 10.8 Å². The van der Waals surface area contributed by atoms with Crippen molar-refractivity contribution >= 4 is 64.6 Å². The molecule has 9 aromatic rings. The molecule has 9 rings (SSSR count). The predicted octanol–water partition coefficient (Wildman–Crippen LogP) is 11.7. The molecule has 0 saturated carbocycles. The zero-order valence-electron chi connectivity index (χ0n) is 22.5. The van der Waals surface area contributed by atoms with Crippen LogP contribution in [0.15, 0.2) is 133 Å². The number of rotatable bonds is 2. The Kier molecular flexibility index (Phi) is 4.77. The molecule has 2 heteroatoms. The van der Waals surface area contributed by atoms with E-state index in [1.165, 1.54) is 0 Å². The Labute approximate surface area is 240 Å². The molecule has 0 aliphatic heterocycles. The number of hydrogen-bond donors (Lipinski definition) is 0. The average Bonchev–Trinajstić information content (AvgIpc) is 3.04. The second-order valence-electron chi connectivity index (χ2n) is 11.1. The molecule has 0 aliphatic rings. The molecule has 9 aromatic carbocycles. The van der Waals surface area contributed by atoms with E-state index in [2.05, 4.69) is 72.8 Å². The van der Waals surface area contributed by atoms with Gasteiger partial charge in [0.2, 0.25) is 0 Å². The molecule has 0 aliphatic carbocycles. The summed E-state index contributed by atoms with van der Waals surface area (Å²) in [6.07, 6.45) is 0. The maximum Gasteiger partial charge on any atom is 0.131 e. The lowest BCUT2D eigenvalue weighted by molar-refractivity contribution is 0.639. The Hall–Kier alpha value is -5.34. The SMILES string of the molecule is Fc1ccc(-c2c3ccccc3c(-c3ccc4ccc5c(F)ccc6ccc3c4c65)c3ccccc23)c2ccccc12. The monoisotopic (exact) mass is 540 g/mol. The zero-order chi connectivity index (χ0) is 27.9. The van der Waals surface area contributed by atoms with Gasteiger partial charge in [-0.1, -0.05) is 121 Å². The molecule has 0 fully saturated rings. The molecule has 42 heavy (non-hydrogen) atoms. The summed E-state index contributed by atoms with van der Waals surface area (Å²) in [6, 6.07) is 44.2. The Bertz CT molecular complexity index is 2480. The van der Waals surface area contributed by atoms with Gasteiger partial charge in [0.15, 0.2) is 0 Å². The van der Waals surface area contributed by atoms with Crippen LogP contribution in [0.3, 0.4) is 0 Å². The van der Waals surface area contributed by atoms with Crippen LogP contribution in [0.5, 0.6) is 0 Å². The molecule has 0 aromatic heterocycles. The van der Waals surface area contributed by atoms with Gasteiger partial charge in [0.1, 0.15) is 11.6 Å². The van der Waals surface area contributed by atoms with Gasteiger partial charge < -0.3 is 0 Å². The minimum absolute atomic E-state index is 0.200. The van der Waals surface area contributed by atoms with Crippen molar-refractivity contribution in [1.29, 1.82) is 0 Å². The van der Waals surface area contributed by atoms with E-state index in [-0.39, 0.29) is 11.6 Å². The van der Waals surface area contributed by atoms with Crippen molar-refractivity contribution in [2.24, 2.45) is 0 Å². The summed E-state index contributed by atoms with van der Waals surface area (Å²) in [5.41, 5.74) is 4.37. The standard InChI is InChI=1S/C40H22F2/c41-35-22-20-31(25-7-1-2-8-26(25)35)39-27-9-3-5-11-29(27)40(30-12-6-4-10-28(30)39)33-18-14-23-15-19-34-36(42)21-16-24-13-17-32(33)37(23)38(24)34/h1-22H. The summed E-state index contributed by atoms with van der Waals surface area (Å²) in [4.78, 5) is 0. The molecule has 0 spiro atoms. The summed E-state index contributed by atoms with van der Waals surface area (Å²) in [7, 11) is 0. The van der Waals surface area contributed by atoms with Gasteiger partial charge in [-0.3, -0.25) is 0 Å². The average molecular weight is 541 g/mol. The quantitative estimate of drug-likeness (QED) is 0.151. The van der Waals surface area contributed by atoms with Crippen LogP contribution in [0.25, 0.3) is 86.9 Å². The van der Waals surface area contributed by atoms with Gasteiger partial charge >= 0.3 is 0 Å². The summed E-state index contributed by atoms with van der Waals surface area (Å²) in [5, 5.41) is 11.9. The molecule has 0 bridgehead atoms. The molecule has 0 nitrogen and oxygen atoms in total. The van der Waals surface area contributed by atoms with Gasteiger partial charge in [0, 0.05) is 16.2 Å². The number of halogens is 2. The van der Waals surface area contributed by atoms with Gasteiger partial charge in [-0.05, 0) is 82.9 Å². The normalized spacial score (nSPS) is 12.0. The second kappa shape index (κ2) is 8.58. The molecular weight excluding hydrogens is 518 g/mol. The zero-order valence-corrected chi connectivity index (χ0v) is 22.5. The first-order valence-corrected chi connectivity index (χ1v) is 14.2. The lowest BCUT2D eigenvalue weighted by atomic mass is 9.82. The summed E-state index contributed by atoms with van der Waals surface area (Å²) < 4.78 is 29.9. The van der Waals surface area contributed by atoms with Crippen molar-refractivity contribution in [3.8, 4) is 22.3 Å². The first kappa shape index (κ1) is 23.4. The second-order valence-corrected chi connectivity index (χ2v) is 11.1. The van der Waals surface area contributed by atoms with Crippen LogP contribution in [-0.2, 0) is 0 Å². The van der Waals surface area contributed by atoms with E-state index in [9.17, 15) is 8.78 Å². The van der Waals surface area contributed by atoms with Crippen LogP contribution in [0.4, 0.5) is 8.78 Å². The van der Waals surface area contributed by atoms with Crippen LogP contribution >= 0.6 is 0 Å². The van der Waals surface area contributed by atoms with Crippen molar-refractivity contribution in [1.82, 2.24) is 0 Å². The fourth-order valence-corrected chi connectivity index (χ4v) is 7.17. The number of hydrogen-bond acceptors (Lipinski definition) is 0. The first-order valence-electron chi connectivity index (χ1n) is 14.2. The molecule has 0 heterocycles. The van der Waals surface area contributed by atoms with Gasteiger partial charge in [0.05, 0.1) is 0 Å². The lowest BCUT2D eigenvalue weighted by Gasteiger charge is -2.20. The van der Waals surface area contributed by atoms with E-state index < -0.39 is 0 Å². The van der Waals surface area contributed by atoms with Gasteiger partial charge in [-0.2, -0.15) is 0 Å². The Morgan fingerprint density at radius 3 is 1.29 bits per heavy atom. The highest BCUT2D eigenvalue weighted by Crippen LogP contribution is 2.48. The van der Waals surface area contributed by atoms with Crippen molar-refractivity contribution < 1.29 is 8.78 Å². The smallest absolute Gasteiger partial charge is 0.131 e. The minimum atomic E-state index is -0.218. The molecule has 0 saturated heterocycles. The maximum absolute atomic E-state index is 15.0. The van der Waals surface area contributed by atoms with Crippen LogP contribution in [-0.4, -0.2) is 0 Å². The third-order valence-electron chi connectivity index (χ3n) is 8.95. The van der Waals surface area contributed by atoms with E-state index in [1.54, 1.807) is 12.1 Å². The highest BCUT2D eigenvalue weighted by Gasteiger charge is 2.21. The van der Waals surface area contributed by atoms with Gasteiger partial charge in [0.25, 0.3) is 0 Å². The molecule has 0 amide bonds. The predicted molar refractivity (Wildman–Crippen MR) is 173 cm³/mol. The fourth-order valence-electron chi connectivity index (χ4n) is 7.17. The van der Waals surface area contributed by atoms with Gasteiger partial charge in [-0.15, -0.1) is 0 Å². The Balaban J connectivity index is 1.47. The molecule has 0 unspecified atom stereocenters. The van der Waals surface area contributed by atoms with E-state index in [1.807, 2.05) is 48.5 Å². The van der Waals surface area contributed by atoms with Crippen LogP contribution in [0.2, 0.25) is 0 Å². The number of fused-ring (bicyclic) bond motifs is 3. The van der Waals surface area contributed by atoms with Crippen molar-refractivity contribution in [3.05, 3.63) is 145 Å². The lowest BCUT2D eigenvalue weighted by Crippen LogP contribution is -1.94. The van der Waals surface area contributed by atoms with Crippen LogP contribution in [0.1, 0.15) is 0 Å². The summed E-state index contributed by atoms with van der Waals surface area (Å²) >= 11 is 0. The van der Waals surface area contributed by atoms with Crippen molar-refractivity contribution in [2.75, 3.05) is 0 Å². The third kappa shape index (κ3) is 3.09. The molecule has 0 radical (unpaired) electrons. The van der Waals surface area contributed by atoms with E-state index in [4.69, 9.17) is 0 Å². The Morgan fingerprint density at radius 1 is 0.286 bits per heavy atom. The van der Waals surface area contributed by atoms with Crippen LogP contribution < -0.4 is 0 Å². The summed E-state index contributed by atoms with van der Waals surface area (Å²) in [5.74, 6) is -0.418. The highest BCUT2D eigenvalue weighted by atomic mass is 19.1. The largest absolute Gasteiger partial charge is 0.206 e. The summed E-state index contributed by atoms with van der Waals surface area (Å²) in [6.45, 7) is 0. The van der Waals surface area contributed by atoms with Crippen molar-refractivity contribution in [2.45, 2.75) is 0 Å². The molecule has 0 N–H and O–H groups in total. The maximum atomic E-state index is 15.0. The number of benzene rings is 9. The molecule has 196 valence electrons. The van der Waals surface area contributed by atoms with E-state index in [0.717, 1.165) is 76.1 Å². The first-order chi connectivity index (χ1) is 20.7. The highest BCUT2D eigenvalue weighted by molar-refractivity contribution is 6.30. The van der Waals surface area contributed by atoms with Crippen LogP contribution in [0, 0.1) is 11.6 Å². The Morgan fingerprint density at radius 2 is 0.667 bits per heavy atom. The minimum Gasteiger partial charge on any atom is -0.206 e. The molecule has 0 atom stereocenters. The fraction of sp³-hybridized carbons (Fsp3) is 0. The topological polar surface area (TPSA) is 0 Å². The van der Waals surface area contributed by atoms with Gasteiger partial charge in [-0.25, -0.2) is 8.78 Å². The third-order valence-corrected chi connectivity index (χ3v) is 8.95.